The van der Waals surface area contributed by atoms with Crippen molar-refractivity contribution in [3.63, 3.8) is 0 Å². The summed E-state index contributed by atoms with van der Waals surface area (Å²) < 4.78 is 0. The standard InChI is InChI=1S/C24H36N4O2/c1-19(2)17-27-13-6-9-21(18-27)28-22(29)24(25-23(28)30)11-15-26(16-12-24)14-10-20-7-4-3-5-8-20/h3-5,7-8,19,21H,6,9-18H2,1-2H3,(H,25,30). The van der Waals surface area contributed by atoms with Crippen LogP contribution in [0.4, 0.5) is 4.79 Å². The second-order valence-corrected chi connectivity index (χ2v) is 9.71. The molecule has 0 aromatic heterocycles. The van der Waals surface area contributed by atoms with Crippen molar-refractivity contribution in [1.82, 2.24) is 20.0 Å². The smallest absolute Gasteiger partial charge is 0.323 e. The summed E-state index contributed by atoms with van der Waals surface area (Å²) in [5, 5.41) is 3.11. The molecule has 0 aliphatic carbocycles. The molecule has 164 valence electrons. The lowest BCUT2D eigenvalue weighted by atomic mass is 9.87. The van der Waals surface area contributed by atoms with Crippen molar-refractivity contribution in [3.05, 3.63) is 35.9 Å². The molecular formula is C24H36N4O2. The number of piperidine rings is 2. The summed E-state index contributed by atoms with van der Waals surface area (Å²) in [4.78, 5) is 32.7. The van der Waals surface area contributed by atoms with E-state index in [2.05, 4.69) is 53.2 Å². The van der Waals surface area contributed by atoms with Gasteiger partial charge in [0.05, 0.1) is 6.04 Å². The quantitative estimate of drug-likeness (QED) is 0.730. The number of carbonyl (C=O) groups excluding carboxylic acids is 2. The highest BCUT2D eigenvalue weighted by Crippen LogP contribution is 2.32. The van der Waals surface area contributed by atoms with Gasteiger partial charge >= 0.3 is 6.03 Å². The van der Waals surface area contributed by atoms with Gasteiger partial charge in [0.25, 0.3) is 5.91 Å². The maximum atomic E-state index is 13.4. The minimum absolute atomic E-state index is 0.0143. The molecular weight excluding hydrogens is 376 g/mol. The van der Waals surface area contributed by atoms with Crippen LogP contribution in [-0.2, 0) is 11.2 Å². The van der Waals surface area contributed by atoms with E-state index < -0.39 is 5.54 Å². The number of urea groups is 1. The van der Waals surface area contributed by atoms with E-state index in [9.17, 15) is 9.59 Å². The highest BCUT2D eigenvalue weighted by molar-refractivity contribution is 6.07. The molecule has 3 fully saturated rings. The van der Waals surface area contributed by atoms with E-state index in [0.717, 1.165) is 58.5 Å². The van der Waals surface area contributed by atoms with Gasteiger partial charge in [0.15, 0.2) is 0 Å². The molecule has 3 aliphatic rings. The van der Waals surface area contributed by atoms with Crippen LogP contribution in [-0.4, -0.2) is 77.5 Å². The van der Waals surface area contributed by atoms with Crippen molar-refractivity contribution < 1.29 is 9.59 Å². The number of rotatable bonds is 6. The average molecular weight is 413 g/mol. The van der Waals surface area contributed by atoms with E-state index in [1.165, 1.54) is 5.56 Å². The summed E-state index contributed by atoms with van der Waals surface area (Å²) in [6.07, 6.45) is 4.42. The van der Waals surface area contributed by atoms with Crippen molar-refractivity contribution >= 4 is 11.9 Å². The Balaban J connectivity index is 1.33. The second-order valence-electron chi connectivity index (χ2n) is 9.71. The van der Waals surface area contributed by atoms with E-state index in [1.807, 2.05) is 6.07 Å². The normalized spacial score (nSPS) is 25.3. The zero-order valence-corrected chi connectivity index (χ0v) is 18.5. The number of nitrogens with one attached hydrogen (secondary N) is 1. The molecule has 1 aromatic rings. The van der Waals surface area contributed by atoms with Crippen LogP contribution in [0.5, 0.6) is 0 Å². The molecule has 3 amide bonds. The Morgan fingerprint density at radius 2 is 1.80 bits per heavy atom. The fourth-order valence-electron chi connectivity index (χ4n) is 5.33. The molecule has 3 saturated heterocycles. The SMILES string of the molecule is CC(C)CN1CCCC(N2C(=O)NC3(CCN(CCc4ccccc4)CC3)C2=O)C1. The van der Waals surface area contributed by atoms with Gasteiger partial charge in [-0.05, 0) is 50.1 Å². The number of amides is 3. The lowest BCUT2D eigenvalue weighted by molar-refractivity contribution is -0.135. The summed E-state index contributed by atoms with van der Waals surface area (Å²) >= 11 is 0. The molecule has 3 heterocycles. The van der Waals surface area contributed by atoms with Gasteiger partial charge < -0.3 is 15.1 Å². The number of carbonyl (C=O) groups is 2. The topological polar surface area (TPSA) is 55.9 Å². The summed E-state index contributed by atoms with van der Waals surface area (Å²) in [5.41, 5.74) is 0.665. The molecule has 0 radical (unpaired) electrons. The highest BCUT2D eigenvalue weighted by atomic mass is 16.2. The van der Waals surface area contributed by atoms with Gasteiger partial charge in [-0.2, -0.15) is 0 Å². The molecule has 6 nitrogen and oxygen atoms in total. The van der Waals surface area contributed by atoms with Crippen molar-refractivity contribution in [3.8, 4) is 0 Å². The zero-order chi connectivity index (χ0) is 21.1. The predicted molar refractivity (Wildman–Crippen MR) is 118 cm³/mol. The maximum Gasteiger partial charge on any atom is 0.325 e. The first-order chi connectivity index (χ1) is 14.5. The van der Waals surface area contributed by atoms with Crippen LogP contribution in [0, 0.1) is 5.92 Å². The number of benzene rings is 1. The van der Waals surface area contributed by atoms with Gasteiger partial charge in [-0.3, -0.25) is 9.69 Å². The third-order valence-corrected chi connectivity index (χ3v) is 6.93. The lowest BCUT2D eigenvalue weighted by Crippen LogP contribution is -2.56. The minimum Gasteiger partial charge on any atom is -0.323 e. The Hall–Kier alpha value is -1.92. The molecule has 0 bridgehead atoms. The summed E-state index contributed by atoms with van der Waals surface area (Å²) in [7, 11) is 0. The van der Waals surface area contributed by atoms with E-state index >= 15 is 0 Å². The molecule has 1 atom stereocenters. The number of likely N-dealkylation sites (tertiary alicyclic amines) is 2. The minimum atomic E-state index is -0.680. The first-order valence-corrected chi connectivity index (χ1v) is 11.6. The van der Waals surface area contributed by atoms with E-state index in [4.69, 9.17) is 0 Å². The summed E-state index contributed by atoms with van der Waals surface area (Å²) in [6, 6.07) is 10.4. The average Bonchev–Trinajstić information content (AvgIpc) is 2.97. The molecule has 30 heavy (non-hydrogen) atoms. The van der Waals surface area contributed by atoms with Crippen molar-refractivity contribution in [2.24, 2.45) is 5.92 Å². The number of hydrogen-bond donors (Lipinski definition) is 1. The van der Waals surface area contributed by atoms with E-state index in [0.29, 0.717) is 18.8 Å². The molecule has 1 unspecified atom stereocenters. The van der Waals surface area contributed by atoms with Crippen molar-refractivity contribution in [2.75, 3.05) is 39.3 Å². The Labute approximate surface area is 180 Å². The monoisotopic (exact) mass is 412 g/mol. The van der Waals surface area contributed by atoms with Crippen LogP contribution >= 0.6 is 0 Å². The summed E-state index contributed by atoms with van der Waals surface area (Å²) in [6.45, 7) is 10.1. The zero-order valence-electron chi connectivity index (χ0n) is 18.5. The molecule has 1 spiro atoms. The Bertz CT molecular complexity index is 743. The second kappa shape index (κ2) is 9.06. The van der Waals surface area contributed by atoms with Gasteiger partial charge in [0.2, 0.25) is 0 Å². The molecule has 1 N–H and O–H groups in total. The largest absolute Gasteiger partial charge is 0.325 e. The molecule has 0 saturated carbocycles. The van der Waals surface area contributed by atoms with Gasteiger partial charge in [-0.25, -0.2) is 4.79 Å². The maximum absolute atomic E-state index is 13.4. The third-order valence-electron chi connectivity index (χ3n) is 6.93. The molecule has 3 aliphatic heterocycles. The fraction of sp³-hybridized carbons (Fsp3) is 0.667. The predicted octanol–water partition coefficient (Wildman–Crippen LogP) is 2.74. The molecule has 4 rings (SSSR count). The van der Waals surface area contributed by atoms with Crippen LogP contribution in [0.2, 0.25) is 0 Å². The number of imide groups is 1. The highest BCUT2D eigenvalue weighted by Gasteiger charge is 2.54. The third kappa shape index (κ3) is 4.54. The van der Waals surface area contributed by atoms with Crippen LogP contribution in [0.25, 0.3) is 0 Å². The van der Waals surface area contributed by atoms with Gasteiger partial charge in [-0.1, -0.05) is 44.2 Å². The van der Waals surface area contributed by atoms with Crippen LogP contribution in [0.3, 0.4) is 0 Å². The summed E-state index contributed by atoms with van der Waals surface area (Å²) in [5.74, 6) is 0.616. The number of hydrogen-bond acceptors (Lipinski definition) is 4. The Morgan fingerprint density at radius 1 is 1.07 bits per heavy atom. The Morgan fingerprint density at radius 3 is 2.50 bits per heavy atom. The first-order valence-electron chi connectivity index (χ1n) is 11.6. The van der Waals surface area contributed by atoms with E-state index in [1.54, 1.807) is 4.90 Å². The van der Waals surface area contributed by atoms with Crippen LogP contribution in [0.1, 0.15) is 45.1 Å². The van der Waals surface area contributed by atoms with Crippen LogP contribution in [0.15, 0.2) is 30.3 Å². The molecule has 6 heteroatoms. The van der Waals surface area contributed by atoms with Crippen molar-refractivity contribution in [2.45, 2.75) is 57.5 Å². The van der Waals surface area contributed by atoms with Crippen LogP contribution < -0.4 is 5.32 Å². The van der Waals surface area contributed by atoms with Gasteiger partial charge in [0, 0.05) is 32.7 Å². The molecule has 1 aromatic carbocycles. The Kier molecular flexibility index (Phi) is 6.44. The van der Waals surface area contributed by atoms with Gasteiger partial charge in [-0.15, -0.1) is 0 Å². The van der Waals surface area contributed by atoms with Crippen molar-refractivity contribution in [1.29, 1.82) is 0 Å². The fourth-order valence-corrected chi connectivity index (χ4v) is 5.33. The first kappa shape index (κ1) is 21.3. The van der Waals surface area contributed by atoms with E-state index in [-0.39, 0.29) is 18.0 Å². The lowest BCUT2D eigenvalue weighted by Gasteiger charge is -2.39. The van der Waals surface area contributed by atoms with Gasteiger partial charge in [0.1, 0.15) is 5.54 Å². The number of nitrogens with zero attached hydrogens (tertiary/aromatic N) is 3.